The molecule has 0 aliphatic carbocycles. The Morgan fingerprint density at radius 2 is 1.90 bits per heavy atom. The van der Waals surface area contributed by atoms with Crippen LogP contribution in [0.2, 0.25) is 0 Å². The van der Waals surface area contributed by atoms with Crippen LogP contribution in [0.1, 0.15) is 38.7 Å². The van der Waals surface area contributed by atoms with Gasteiger partial charge in [0.25, 0.3) is 0 Å². The van der Waals surface area contributed by atoms with Gasteiger partial charge in [-0.2, -0.15) is 0 Å². The van der Waals surface area contributed by atoms with Crippen molar-refractivity contribution in [3.05, 3.63) is 35.9 Å². The molecule has 1 aromatic carbocycles. The number of amides is 1. The van der Waals surface area contributed by atoms with Crippen LogP contribution in [0.4, 0.5) is 0 Å². The van der Waals surface area contributed by atoms with E-state index in [0.29, 0.717) is 12.5 Å². The second kappa shape index (κ2) is 7.08. The Labute approximate surface area is 128 Å². The van der Waals surface area contributed by atoms with Gasteiger partial charge in [0.2, 0.25) is 5.91 Å². The second-order valence-electron chi connectivity index (χ2n) is 6.54. The molecule has 1 fully saturated rings. The third-order valence-corrected chi connectivity index (χ3v) is 5.02. The molecular formula is C18H28N2O. The summed E-state index contributed by atoms with van der Waals surface area (Å²) >= 11 is 0. The van der Waals surface area contributed by atoms with Crippen LogP contribution >= 0.6 is 0 Å². The van der Waals surface area contributed by atoms with Gasteiger partial charge in [-0.25, -0.2) is 0 Å². The van der Waals surface area contributed by atoms with Crippen molar-refractivity contribution in [3.63, 3.8) is 0 Å². The number of carbonyl (C=O) groups is 1. The van der Waals surface area contributed by atoms with Gasteiger partial charge >= 0.3 is 0 Å². The maximum Gasteiger partial charge on any atom is 0.229 e. The molecule has 0 spiro atoms. The Hall–Kier alpha value is -1.35. The first-order valence-corrected chi connectivity index (χ1v) is 8.12. The molecule has 1 aromatic rings. The molecule has 2 rings (SSSR count). The van der Waals surface area contributed by atoms with Crippen molar-refractivity contribution in [3.8, 4) is 0 Å². The summed E-state index contributed by atoms with van der Waals surface area (Å²) in [4.78, 5) is 14.6. The minimum atomic E-state index is -0.383. The Morgan fingerprint density at radius 1 is 1.29 bits per heavy atom. The third kappa shape index (κ3) is 3.85. The molecule has 1 aliphatic heterocycles. The summed E-state index contributed by atoms with van der Waals surface area (Å²) in [6.45, 7) is 6.24. The number of carbonyl (C=O) groups excluding carboxylic acids is 1. The fraction of sp³-hybridized carbons (Fsp3) is 0.611. The van der Waals surface area contributed by atoms with Crippen molar-refractivity contribution >= 4 is 5.91 Å². The number of hydrogen-bond donors (Lipinski definition) is 1. The summed E-state index contributed by atoms with van der Waals surface area (Å²) in [5.74, 6) is 0.938. The highest BCUT2D eigenvalue weighted by Gasteiger charge is 2.35. The van der Waals surface area contributed by atoms with Gasteiger partial charge in [-0.1, -0.05) is 37.3 Å². The average molecular weight is 288 g/mol. The predicted molar refractivity (Wildman–Crippen MR) is 86.9 cm³/mol. The minimum Gasteiger partial charge on any atom is -0.342 e. The van der Waals surface area contributed by atoms with Gasteiger partial charge in [0.15, 0.2) is 0 Å². The normalized spacial score (nSPS) is 19.3. The van der Waals surface area contributed by atoms with E-state index in [0.717, 1.165) is 38.8 Å². The third-order valence-electron chi connectivity index (χ3n) is 5.02. The molecule has 1 saturated heterocycles. The van der Waals surface area contributed by atoms with E-state index < -0.39 is 0 Å². The lowest BCUT2D eigenvalue weighted by atomic mass is 9.84. The first-order chi connectivity index (χ1) is 10.1. The van der Waals surface area contributed by atoms with Crippen LogP contribution < -0.4 is 5.73 Å². The van der Waals surface area contributed by atoms with Crippen LogP contribution in [0, 0.1) is 11.3 Å². The molecule has 3 heteroatoms. The minimum absolute atomic E-state index is 0.241. The fourth-order valence-corrected chi connectivity index (χ4v) is 3.05. The number of benzene rings is 1. The molecule has 1 aliphatic rings. The Bertz CT molecular complexity index is 446. The Balaban J connectivity index is 1.87. The predicted octanol–water partition coefficient (Wildman–Crippen LogP) is 2.84. The van der Waals surface area contributed by atoms with Gasteiger partial charge in [-0.3, -0.25) is 4.79 Å². The molecule has 1 unspecified atom stereocenters. The zero-order valence-electron chi connectivity index (χ0n) is 13.3. The van der Waals surface area contributed by atoms with E-state index in [-0.39, 0.29) is 11.3 Å². The molecular weight excluding hydrogens is 260 g/mol. The van der Waals surface area contributed by atoms with Crippen molar-refractivity contribution in [2.75, 3.05) is 19.6 Å². The highest BCUT2D eigenvalue weighted by molar-refractivity contribution is 5.82. The van der Waals surface area contributed by atoms with E-state index in [4.69, 9.17) is 5.73 Å². The molecule has 0 radical (unpaired) electrons. The molecule has 116 valence electrons. The first kappa shape index (κ1) is 16.0. The molecule has 0 bridgehead atoms. The van der Waals surface area contributed by atoms with E-state index >= 15 is 0 Å². The topological polar surface area (TPSA) is 46.3 Å². The van der Waals surface area contributed by atoms with Crippen molar-refractivity contribution in [1.29, 1.82) is 0 Å². The average Bonchev–Trinajstić information content (AvgIpc) is 2.55. The van der Waals surface area contributed by atoms with Gasteiger partial charge in [-0.15, -0.1) is 0 Å². The highest BCUT2D eigenvalue weighted by atomic mass is 16.2. The number of rotatable bonds is 5. The van der Waals surface area contributed by atoms with Crippen molar-refractivity contribution < 1.29 is 4.79 Å². The van der Waals surface area contributed by atoms with Gasteiger partial charge < -0.3 is 10.6 Å². The molecule has 1 heterocycles. The lowest BCUT2D eigenvalue weighted by Crippen LogP contribution is -2.49. The van der Waals surface area contributed by atoms with Crippen LogP contribution in [0.5, 0.6) is 0 Å². The van der Waals surface area contributed by atoms with Gasteiger partial charge in [0.05, 0.1) is 5.41 Å². The SMILES string of the molecule is CCC(C)(CN)C(=O)N1CCC(Cc2ccccc2)CC1. The molecule has 0 saturated carbocycles. The van der Waals surface area contributed by atoms with Crippen molar-refractivity contribution in [1.82, 2.24) is 4.90 Å². The summed E-state index contributed by atoms with van der Waals surface area (Å²) in [7, 11) is 0. The van der Waals surface area contributed by atoms with E-state index in [9.17, 15) is 4.79 Å². The monoisotopic (exact) mass is 288 g/mol. The zero-order valence-corrected chi connectivity index (χ0v) is 13.3. The van der Waals surface area contributed by atoms with Gasteiger partial charge in [0, 0.05) is 19.6 Å². The maximum absolute atomic E-state index is 12.6. The van der Waals surface area contributed by atoms with Crippen molar-refractivity contribution in [2.45, 2.75) is 39.5 Å². The summed E-state index contributed by atoms with van der Waals surface area (Å²) in [5.41, 5.74) is 6.83. The van der Waals surface area contributed by atoms with Crippen LogP contribution in [-0.2, 0) is 11.2 Å². The highest BCUT2D eigenvalue weighted by Crippen LogP contribution is 2.27. The van der Waals surface area contributed by atoms with Crippen molar-refractivity contribution in [2.24, 2.45) is 17.1 Å². The molecule has 21 heavy (non-hydrogen) atoms. The largest absolute Gasteiger partial charge is 0.342 e. The van der Waals surface area contributed by atoms with Crippen LogP contribution in [0.25, 0.3) is 0 Å². The number of piperidine rings is 1. The van der Waals surface area contributed by atoms with E-state index in [2.05, 4.69) is 30.3 Å². The first-order valence-electron chi connectivity index (χ1n) is 8.12. The smallest absolute Gasteiger partial charge is 0.229 e. The summed E-state index contributed by atoms with van der Waals surface area (Å²) in [6.07, 6.45) is 4.15. The quantitative estimate of drug-likeness (QED) is 0.905. The van der Waals surface area contributed by atoms with E-state index in [1.54, 1.807) is 0 Å². The van der Waals surface area contributed by atoms with Gasteiger partial charge in [-0.05, 0) is 44.1 Å². The van der Waals surface area contributed by atoms with E-state index in [1.807, 2.05) is 18.7 Å². The lowest BCUT2D eigenvalue weighted by molar-refractivity contribution is -0.142. The van der Waals surface area contributed by atoms with Crippen LogP contribution in [-0.4, -0.2) is 30.4 Å². The Kier molecular flexibility index (Phi) is 5.40. The van der Waals surface area contributed by atoms with Gasteiger partial charge in [0.1, 0.15) is 0 Å². The summed E-state index contributed by atoms with van der Waals surface area (Å²) in [5, 5.41) is 0. The second-order valence-corrected chi connectivity index (χ2v) is 6.54. The van der Waals surface area contributed by atoms with E-state index in [1.165, 1.54) is 5.56 Å². The molecule has 1 atom stereocenters. The molecule has 1 amide bonds. The zero-order chi connectivity index (χ0) is 15.3. The Morgan fingerprint density at radius 3 is 2.43 bits per heavy atom. The number of nitrogens with two attached hydrogens (primary N) is 1. The summed E-state index contributed by atoms with van der Waals surface area (Å²) in [6, 6.07) is 10.6. The number of hydrogen-bond acceptors (Lipinski definition) is 2. The molecule has 3 nitrogen and oxygen atoms in total. The van der Waals surface area contributed by atoms with Crippen LogP contribution in [0.3, 0.4) is 0 Å². The number of nitrogens with zero attached hydrogens (tertiary/aromatic N) is 1. The molecule has 0 aromatic heterocycles. The fourth-order valence-electron chi connectivity index (χ4n) is 3.05. The maximum atomic E-state index is 12.6. The number of likely N-dealkylation sites (tertiary alicyclic amines) is 1. The van der Waals surface area contributed by atoms with Crippen LogP contribution in [0.15, 0.2) is 30.3 Å². The molecule has 2 N–H and O–H groups in total. The standard InChI is InChI=1S/C18H28N2O/c1-3-18(2,14-19)17(21)20-11-9-16(10-12-20)13-15-7-5-4-6-8-15/h4-8,16H,3,9-14,19H2,1-2H3. The summed E-state index contributed by atoms with van der Waals surface area (Å²) < 4.78 is 0. The lowest BCUT2D eigenvalue weighted by Gasteiger charge is -2.37.